The molecule has 9 heteroatoms. The molecule has 0 fully saturated rings. The second kappa shape index (κ2) is 10.5. The third-order valence-electron chi connectivity index (χ3n) is 4.39. The monoisotopic (exact) mass is 470 g/mol. The van der Waals surface area contributed by atoms with E-state index in [0.717, 1.165) is 11.8 Å². The number of carbonyl (C=O) groups excluding carboxylic acids is 2. The van der Waals surface area contributed by atoms with E-state index in [1.165, 1.54) is 4.57 Å². The van der Waals surface area contributed by atoms with Crippen LogP contribution in [0, 0.1) is 0 Å². The minimum Gasteiger partial charge on any atom is -0.350 e. The SMILES string of the molecule is C=CCn1c(SCC(=O)Nc2ccccc2C(=O)NC(C)C)nc2cc(Cl)ccc2c1=O. The summed E-state index contributed by atoms with van der Waals surface area (Å²) in [6.45, 7) is 7.68. The molecule has 32 heavy (non-hydrogen) atoms. The lowest BCUT2D eigenvalue weighted by molar-refractivity contribution is -0.113. The van der Waals surface area contributed by atoms with Gasteiger partial charge in [0.25, 0.3) is 11.5 Å². The summed E-state index contributed by atoms with van der Waals surface area (Å²) in [4.78, 5) is 42.4. The Morgan fingerprint density at radius 1 is 1.25 bits per heavy atom. The number of fused-ring (bicyclic) bond motifs is 1. The van der Waals surface area contributed by atoms with Crippen molar-refractivity contribution in [3.63, 3.8) is 0 Å². The maximum atomic E-state index is 12.9. The Labute approximate surface area is 194 Å². The number of allylic oxidation sites excluding steroid dienone is 1. The van der Waals surface area contributed by atoms with E-state index in [-0.39, 0.29) is 35.7 Å². The highest BCUT2D eigenvalue weighted by molar-refractivity contribution is 7.99. The van der Waals surface area contributed by atoms with Gasteiger partial charge >= 0.3 is 0 Å². The summed E-state index contributed by atoms with van der Waals surface area (Å²) in [7, 11) is 0. The van der Waals surface area contributed by atoms with Crippen LogP contribution in [-0.2, 0) is 11.3 Å². The van der Waals surface area contributed by atoms with E-state index in [9.17, 15) is 14.4 Å². The highest BCUT2D eigenvalue weighted by Gasteiger charge is 2.16. The lowest BCUT2D eigenvalue weighted by atomic mass is 10.1. The van der Waals surface area contributed by atoms with Gasteiger partial charge in [-0.3, -0.25) is 19.0 Å². The van der Waals surface area contributed by atoms with Crippen molar-refractivity contribution in [3.05, 3.63) is 76.1 Å². The van der Waals surface area contributed by atoms with Crippen LogP contribution >= 0.6 is 23.4 Å². The molecule has 0 unspecified atom stereocenters. The van der Waals surface area contributed by atoms with Crippen molar-refractivity contribution in [1.82, 2.24) is 14.9 Å². The van der Waals surface area contributed by atoms with Crippen LogP contribution in [0.5, 0.6) is 0 Å². The van der Waals surface area contributed by atoms with Gasteiger partial charge in [-0.25, -0.2) is 4.98 Å². The standard InChI is InChI=1S/C23H23ClN4O3S/c1-4-11-28-22(31)17-10-9-15(24)12-19(17)27-23(28)32-13-20(29)26-18-8-6-5-7-16(18)21(30)25-14(2)3/h4-10,12,14H,1,11,13H2,2-3H3,(H,25,30)(H,26,29). The van der Waals surface area contributed by atoms with E-state index < -0.39 is 0 Å². The molecule has 7 nitrogen and oxygen atoms in total. The van der Waals surface area contributed by atoms with E-state index >= 15 is 0 Å². The average molecular weight is 471 g/mol. The zero-order valence-corrected chi connectivity index (χ0v) is 19.3. The van der Waals surface area contributed by atoms with Gasteiger partial charge in [0, 0.05) is 17.6 Å². The quantitative estimate of drug-likeness (QED) is 0.293. The Morgan fingerprint density at radius 3 is 2.72 bits per heavy atom. The minimum atomic E-state index is -0.328. The summed E-state index contributed by atoms with van der Waals surface area (Å²) in [5.41, 5.74) is 1.02. The molecule has 0 spiro atoms. The van der Waals surface area contributed by atoms with E-state index in [0.29, 0.717) is 32.3 Å². The second-order valence-electron chi connectivity index (χ2n) is 7.27. The number of anilines is 1. The molecule has 0 atom stereocenters. The number of rotatable bonds is 8. The number of para-hydroxylation sites is 1. The molecule has 2 aromatic carbocycles. The fraction of sp³-hybridized carbons (Fsp3) is 0.217. The number of benzene rings is 2. The van der Waals surface area contributed by atoms with Crippen molar-refractivity contribution >= 4 is 51.8 Å². The van der Waals surface area contributed by atoms with Crippen LogP contribution in [-0.4, -0.2) is 33.2 Å². The first-order valence-corrected chi connectivity index (χ1v) is 11.3. The van der Waals surface area contributed by atoms with Crippen molar-refractivity contribution in [1.29, 1.82) is 0 Å². The largest absolute Gasteiger partial charge is 0.350 e. The fourth-order valence-electron chi connectivity index (χ4n) is 3.02. The van der Waals surface area contributed by atoms with Crippen LogP contribution in [0.4, 0.5) is 5.69 Å². The number of aromatic nitrogens is 2. The molecular formula is C23H23ClN4O3S. The normalized spacial score (nSPS) is 10.9. The summed E-state index contributed by atoms with van der Waals surface area (Å²) in [6.07, 6.45) is 1.60. The predicted octanol–water partition coefficient (Wildman–Crippen LogP) is 4.10. The number of nitrogens with zero attached hydrogens (tertiary/aromatic N) is 2. The number of hydrogen-bond donors (Lipinski definition) is 2. The Morgan fingerprint density at radius 2 is 2.00 bits per heavy atom. The van der Waals surface area contributed by atoms with Crippen molar-refractivity contribution in [2.24, 2.45) is 0 Å². The Bertz CT molecular complexity index is 1240. The van der Waals surface area contributed by atoms with Crippen LogP contribution < -0.4 is 16.2 Å². The molecule has 166 valence electrons. The summed E-state index contributed by atoms with van der Waals surface area (Å²) in [6, 6.07) is 11.6. The Kier molecular flexibility index (Phi) is 7.71. The van der Waals surface area contributed by atoms with Gasteiger partial charge in [0.2, 0.25) is 5.91 Å². The van der Waals surface area contributed by atoms with Gasteiger partial charge in [-0.2, -0.15) is 0 Å². The smallest absolute Gasteiger partial charge is 0.262 e. The van der Waals surface area contributed by atoms with E-state index in [1.807, 2.05) is 13.8 Å². The average Bonchev–Trinajstić information content (AvgIpc) is 2.74. The maximum absolute atomic E-state index is 12.9. The van der Waals surface area contributed by atoms with Gasteiger partial charge in [-0.05, 0) is 44.2 Å². The van der Waals surface area contributed by atoms with E-state index in [1.54, 1.807) is 48.5 Å². The Balaban J connectivity index is 1.81. The summed E-state index contributed by atoms with van der Waals surface area (Å²) >= 11 is 7.17. The number of hydrogen-bond acceptors (Lipinski definition) is 5. The molecule has 0 saturated carbocycles. The first kappa shape index (κ1) is 23.6. The molecule has 1 aromatic heterocycles. The lowest BCUT2D eigenvalue weighted by Gasteiger charge is -2.14. The van der Waals surface area contributed by atoms with Crippen molar-refractivity contribution in [2.75, 3.05) is 11.1 Å². The minimum absolute atomic E-state index is 0.00418. The van der Waals surface area contributed by atoms with Crippen LogP contribution in [0.2, 0.25) is 5.02 Å². The van der Waals surface area contributed by atoms with Gasteiger partial charge in [0.05, 0.1) is 27.9 Å². The molecule has 2 amide bonds. The van der Waals surface area contributed by atoms with Crippen LogP contribution in [0.25, 0.3) is 10.9 Å². The van der Waals surface area contributed by atoms with E-state index in [4.69, 9.17) is 11.6 Å². The van der Waals surface area contributed by atoms with Crippen molar-refractivity contribution in [3.8, 4) is 0 Å². The third-order valence-corrected chi connectivity index (χ3v) is 5.60. The highest BCUT2D eigenvalue weighted by atomic mass is 35.5. The highest BCUT2D eigenvalue weighted by Crippen LogP contribution is 2.21. The van der Waals surface area contributed by atoms with Gasteiger partial charge < -0.3 is 10.6 Å². The Hall–Kier alpha value is -3.10. The maximum Gasteiger partial charge on any atom is 0.262 e. The summed E-state index contributed by atoms with van der Waals surface area (Å²) < 4.78 is 1.46. The number of amides is 2. The molecular weight excluding hydrogens is 448 g/mol. The molecule has 0 radical (unpaired) electrons. The lowest BCUT2D eigenvalue weighted by Crippen LogP contribution is -2.31. The molecule has 3 rings (SSSR count). The molecule has 0 aliphatic rings. The first-order valence-electron chi connectivity index (χ1n) is 9.93. The molecule has 2 N–H and O–H groups in total. The molecule has 0 saturated heterocycles. The zero-order valence-electron chi connectivity index (χ0n) is 17.7. The molecule has 0 bridgehead atoms. The summed E-state index contributed by atoms with van der Waals surface area (Å²) in [5.74, 6) is -0.600. The van der Waals surface area contributed by atoms with Crippen molar-refractivity contribution in [2.45, 2.75) is 31.6 Å². The molecule has 3 aromatic rings. The summed E-state index contributed by atoms with van der Waals surface area (Å²) in [5, 5.41) is 6.87. The van der Waals surface area contributed by atoms with Crippen LogP contribution in [0.15, 0.2) is 65.1 Å². The molecule has 0 aliphatic heterocycles. The second-order valence-corrected chi connectivity index (χ2v) is 8.65. The number of nitrogens with one attached hydrogen (secondary N) is 2. The predicted molar refractivity (Wildman–Crippen MR) is 130 cm³/mol. The first-order chi connectivity index (χ1) is 15.3. The zero-order chi connectivity index (χ0) is 23.3. The number of halogens is 1. The van der Waals surface area contributed by atoms with Crippen LogP contribution in [0.1, 0.15) is 24.2 Å². The topological polar surface area (TPSA) is 93.1 Å². The number of thioether (sulfide) groups is 1. The van der Waals surface area contributed by atoms with Gasteiger partial charge in [0.15, 0.2) is 5.16 Å². The van der Waals surface area contributed by atoms with Gasteiger partial charge in [-0.15, -0.1) is 6.58 Å². The third kappa shape index (κ3) is 5.57. The van der Waals surface area contributed by atoms with Gasteiger partial charge in [-0.1, -0.05) is 41.6 Å². The van der Waals surface area contributed by atoms with Crippen molar-refractivity contribution < 1.29 is 9.59 Å². The fourth-order valence-corrected chi connectivity index (χ4v) is 4.00. The van der Waals surface area contributed by atoms with E-state index in [2.05, 4.69) is 22.2 Å². The van der Waals surface area contributed by atoms with Crippen LogP contribution in [0.3, 0.4) is 0 Å². The van der Waals surface area contributed by atoms with Gasteiger partial charge in [0.1, 0.15) is 0 Å². The number of carbonyl (C=O) groups is 2. The molecule has 1 heterocycles. The molecule has 0 aliphatic carbocycles.